The number of ether oxygens (including phenoxy) is 1. The molecule has 2 N–H and O–H groups in total. The molecule has 0 amide bonds. The van der Waals surface area contributed by atoms with Crippen molar-refractivity contribution in [3.05, 3.63) is 0 Å². The maximum absolute atomic E-state index is 12.5. The van der Waals surface area contributed by atoms with Crippen LogP contribution in [0.5, 0.6) is 0 Å². The molecule has 7 heteroatoms. The number of halogens is 3. The van der Waals surface area contributed by atoms with E-state index < -0.39 is 30.7 Å². The number of aliphatic carboxylic acids is 1. The third-order valence-corrected chi connectivity index (χ3v) is 2.02. The quantitative estimate of drug-likeness (QED) is 0.696. The van der Waals surface area contributed by atoms with E-state index in [1.54, 1.807) is 0 Å². The van der Waals surface area contributed by atoms with Gasteiger partial charge in [0.1, 0.15) is 0 Å². The lowest BCUT2D eigenvalue weighted by atomic mass is 9.97. The molecule has 14 heavy (non-hydrogen) atoms. The van der Waals surface area contributed by atoms with Gasteiger partial charge in [0.05, 0.1) is 13.0 Å². The van der Waals surface area contributed by atoms with E-state index in [0.29, 0.717) is 6.54 Å². The molecule has 82 valence electrons. The molecule has 1 rings (SSSR count). The van der Waals surface area contributed by atoms with E-state index >= 15 is 0 Å². The molecule has 0 saturated carbocycles. The van der Waals surface area contributed by atoms with Crippen molar-refractivity contribution in [1.82, 2.24) is 5.32 Å². The van der Waals surface area contributed by atoms with Crippen molar-refractivity contribution in [2.24, 2.45) is 0 Å². The summed E-state index contributed by atoms with van der Waals surface area (Å²) in [6.07, 6.45) is -5.73. The van der Waals surface area contributed by atoms with Crippen LogP contribution in [0.3, 0.4) is 0 Å². The molecule has 1 aliphatic rings. The van der Waals surface area contributed by atoms with Crippen molar-refractivity contribution in [1.29, 1.82) is 0 Å². The zero-order valence-electron chi connectivity index (χ0n) is 7.23. The molecule has 1 heterocycles. The van der Waals surface area contributed by atoms with E-state index in [9.17, 15) is 18.0 Å². The molecule has 0 aromatic heterocycles. The van der Waals surface area contributed by atoms with Crippen molar-refractivity contribution < 1.29 is 27.8 Å². The van der Waals surface area contributed by atoms with Crippen LogP contribution in [-0.2, 0) is 9.53 Å². The van der Waals surface area contributed by atoms with Crippen LogP contribution >= 0.6 is 0 Å². The Morgan fingerprint density at radius 2 is 2.21 bits per heavy atom. The minimum atomic E-state index is -4.67. The maximum Gasteiger partial charge on any atom is 0.419 e. The van der Waals surface area contributed by atoms with Crippen molar-refractivity contribution >= 4 is 5.97 Å². The third kappa shape index (κ3) is 2.16. The Labute approximate surface area is 78.0 Å². The molecule has 4 nitrogen and oxygen atoms in total. The summed E-state index contributed by atoms with van der Waals surface area (Å²) in [4.78, 5) is 10.3. The van der Waals surface area contributed by atoms with Gasteiger partial charge in [-0.25, -0.2) is 0 Å². The van der Waals surface area contributed by atoms with Crippen molar-refractivity contribution in [3.8, 4) is 0 Å². The highest BCUT2D eigenvalue weighted by Crippen LogP contribution is 2.37. The van der Waals surface area contributed by atoms with Gasteiger partial charge < -0.3 is 15.2 Å². The normalized spacial score (nSPS) is 28.8. The van der Waals surface area contributed by atoms with Gasteiger partial charge in [-0.2, -0.15) is 13.2 Å². The largest absolute Gasteiger partial charge is 0.481 e. The van der Waals surface area contributed by atoms with Crippen molar-refractivity contribution in [3.63, 3.8) is 0 Å². The summed E-state index contributed by atoms with van der Waals surface area (Å²) in [5, 5.41) is 10.9. The van der Waals surface area contributed by atoms with Crippen LogP contribution in [0.4, 0.5) is 13.2 Å². The van der Waals surface area contributed by atoms with Gasteiger partial charge in [-0.15, -0.1) is 0 Å². The topological polar surface area (TPSA) is 58.6 Å². The van der Waals surface area contributed by atoms with E-state index in [0.717, 1.165) is 0 Å². The zero-order chi connectivity index (χ0) is 10.8. The molecule has 0 bridgehead atoms. The van der Waals surface area contributed by atoms with Gasteiger partial charge in [0.25, 0.3) is 0 Å². The molecular weight excluding hydrogens is 203 g/mol. The highest BCUT2D eigenvalue weighted by atomic mass is 19.4. The average Bonchev–Trinajstić information content (AvgIpc) is 2.02. The van der Waals surface area contributed by atoms with Gasteiger partial charge in [-0.3, -0.25) is 4.79 Å². The van der Waals surface area contributed by atoms with Crippen molar-refractivity contribution in [2.75, 3.05) is 19.7 Å². The maximum atomic E-state index is 12.5. The van der Waals surface area contributed by atoms with Crippen LogP contribution in [0.15, 0.2) is 0 Å². The summed E-state index contributed by atoms with van der Waals surface area (Å²) in [7, 11) is 0. The van der Waals surface area contributed by atoms with Crippen LogP contribution in [0, 0.1) is 0 Å². The lowest BCUT2D eigenvalue weighted by Gasteiger charge is -2.37. The minimum Gasteiger partial charge on any atom is -0.481 e. The van der Waals surface area contributed by atoms with E-state index in [2.05, 4.69) is 10.1 Å². The standard InChI is InChI=1S/C7H10F3NO3/c8-7(9,10)6(3-5(12)13)4-11-1-2-14-6/h11H,1-4H2,(H,12,13)/t6-/m1/s1. The summed E-state index contributed by atoms with van der Waals surface area (Å²) < 4.78 is 42.2. The van der Waals surface area contributed by atoms with Crippen LogP contribution in [0.25, 0.3) is 0 Å². The van der Waals surface area contributed by atoms with Crippen LogP contribution < -0.4 is 5.32 Å². The number of alkyl halides is 3. The van der Waals surface area contributed by atoms with Crippen LogP contribution in [-0.4, -0.2) is 42.5 Å². The van der Waals surface area contributed by atoms with Gasteiger partial charge in [0.2, 0.25) is 0 Å². The second kappa shape index (κ2) is 3.74. The predicted molar refractivity (Wildman–Crippen MR) is 39.9 cm³/mol. The predicted octanol–water partition coefficient (Wildman–Crippen LogP) is 0.382. The van der Waals surface area contributed by atoms with E-state index in [1.807, 2.05) is 0 Å². The fraction of sp³-hybridized carbons (Fsp3) is 0.857. The lowest BCUT2D eigenvalue weighted by molar-refractivity contribution is -0.284. The second-order valence-corrected chi connectivity index (χ2v) is 3.09. The third-order valence-electron chi connectivity index (χ3n) is 2.02. The summed E-state index contributed by atoms with van der Waals surface area (Å²) in [5.41, 5.74) is -2.57. The fourth-order valence-corrected chi connectivity index (χ4v) is 1.30. The highest BCUT2D eigenvalue weighted by Gasteiger charge is 2.57. The molecule has 0 radical (unpaired) electrons. The zero-order valence-corrected chi connectivity index (χ0v) is 7.23. The first kappa shape index (κ1) is 11.3. The number of carboxylic acids is 1. The first-order valence-corrected chi connectivity index (χ1v) is 4.01. The number of carboxylic acid groups (broad SMARTS) is 1. The Kier molecular flexibility index (Phi) is 3.01. The van der Waals surface area contributed by atoms with Crippen molar-refractivity contribution in [2.45, 2.75) is 18.2 Å². The molecule has 1 saturated heterocycles. The van der Waals surface area contributed by atoms with Gasteiger partial charge in [0.15, 0.2) is 5.60 Å². The number of rotatable bonds is 2. The van der Waals surface area contributed by atoms with Gasteiger partial charge in [0, 0.05) is 13.1 Å². The first-order valence-electron chi connectivity index (χ1n) is 4.01. The summed E-state index contributed by atoms with van der Waals surface area (Å²) in [6.45, 7) is -0.340. The molecular formula is C7H10F3NO3. The minimum absolute atomic E-state index is 0.132. The average molecular weight is 213 g/mol. The second-order valence-electron chi connectivity index (χ2n) is 3.09. The first-order chi connectivity index (χ1) is 6.37. The number of hydrogen-bond donors (Lipinski definition) is 2. The fourth-order valence-electron chi connectivity index (χ4n) is 1.30. The van der Waals surface area contributed by atoms with E-state index in [-0.39, 0.29) is 6.61 Å². The van der Waals surface area contributed by atoms with Gasteiger partial charge >= 0.3 is 12.1 Å². The molecule has 0 unspecified atom stereocenters. The van der Waals surface area contributed by atoms with E-state index in [1.165, 1.54) is 0 Å². The van der Waals surface area contributed by atoms with Crippen LogP contribution in [0.1, 0.15) is 6.42 Å². The summed E-state index contributed by atoms with van der Waals surface area (Å²) in [5.74, 6) is -1.52. The highest BCUT2D eigenvalue weighted by molar-refractivity contribution is 5.68. The number of hydrogen-bond acceptors (Lipinski definition) is 3. The summed E-state index contributed by atoms with van der Waals surface area (Å²) >= 11 is 0. The summed E-state index contributed by atoms with van der Waals surface area (Å²) in [6, 6.07) is 0. The molecule has 1 fully saturated rings. The Morgan fingerprint density at radius 1 is 1.57 bits per heavy atom. The Bertz CT molecular complexity index is 223. The SMILES string of the molecule is O=C(O)C[C@]1(C(F)(F)F)CNCCO1. The van der Waals surface area contributed by atoms with Crippen LogP contribution in [0.2, 0.25) is 0 Å². The van der Waals surface area contributed by atoms with E-state index in [4.69, 9.17) is 5.11 Å². The molecule has 0 aromatic carbocycles. The Balaban J connectivity index is 2.83. The number of nitrogens with one attached hydrogen (secondary N) is 1. The molecule has 0 aliphatic carbocycles. The smallest absolute Gasteiger partial charge is 0.419 e. The molecule has 0 aromatic rings. The number of carbonyl (C=O) groups is 1. The Morgan fingerprint density at radius 3 is 2.57 bits per heavy atom. The molecule has 0 spiro atoms. The monoisotopic (exact) mass is 213 g/mol. The Hall–Kier alpha value is -0.820. The van der Waals surface area contributed by atoms with Gasteiger partial charge in [-0.05, 0) is 0 Å². The molecule has 1 atom stereocenters. The van der Waals surface area contributed by atoms with Gasteiger partial charge in [-0.1, -0.05) is 0 Å². The lowest BCUT2D eigenvalue weighted by Crippen LogP contribution is -2.59. The number of morpholine rings is 1. The molecule has 1 aliphatic heterocycles.